The molecule has 1 aliphatic heterocycles. The molecule has 1 aromatic carbocycles. The van der Waals surface area contributed by atoms with Gasteiger partial charge in [0.15, 0.2) is 0 Å². The minimum atomic E-state index is -1.06. The number of rotatable bonds is 4. The first-order valence-electron chi connectivity index (χ1n) is 8.22. The lowest BCUT2D eigenvalue weighted by Gasteiger charge is -2.24. The standard InChI is InChI=1S/C19H19FN2O3/c1-12-16(19(24)25)7-8-17(21-12)18(23)22-9-3-6-15(22)11-13-4-2-5-14(20)10-13/h2,4-5,7-8,10,15H,3,6,9,11H2,1H3,(H,24,25). The highest BCUT2D eigenvalue weighted by atomic mass is 19.1. The number of amides is 1. The summed E-state index contributed by atoms with van der Waals surface area (Å²) in [4.78, 5) is 29.8. The Morgan fingerprint density at radius 3 is 2.80 bits per heavy atom. The summed E-state index contributed by atoms with van der Waals surface area (Å²) in [5.74, 6) is -1.55. The van der Waals surface area contributed by atoms with Crippen LogP contribution in [0.1, 0.15) is 44.9 Å². The maximum absolute atomic E-state index is 13.4. The van der Waals surface area contributed by atoms with Crippen LogP contribution in [0.5, 0.6) is 0 Å². The van der Waals surface area contributed by atoms with Gasteiger partial charge in [-0.2, -0.15) is 0 Å². The van der Waals surface area contributed by atoms with Gasteiger partial charge in [0.25, 0.3) is 5.91 Å². The van der Waals surface area contributed by atoms with Crippen LogP contribution in [0.2, 0.25) is 0 Å². The molecule has 3 rings (SSSR count). The Labute approximate surface area is 145 Å². The van der Waals surface area contributed by atoms with E-state index in [-0.39, 0.29) is 29.0 Å². The second kappa shape index (κ2) is 7.01. The van der Waals surface area contributed by atoms with E-state index in [4.69, 9.17) is 5.11 Å². The first-order chi connectivity index (χ1) is 12.0. The molecule has 5 nitrogen and oxygen atoms in total. The third-order valence-electron chi connectivity index (χ3n) is 4.53. The van der Waals surface area contributed by atoms with E-state index in [2.05, 4.69) is 4.98 Å². The van der Waals surface area contributed by atoms with E-state index >= 15 is 0 Å². The molecule has 25 heavy (non-hydrogen) atoms. The van der Waals surface area contributed by atoms with Crippen molar-refractivity contribution in [2.75, 3.05) is 6.54 Å². The summed E-state index contributed by atoms with van der Waals surface area (Å²) in [6.45, 7) is 2.20. The predicted octanol–water partition coefficient (Wildman–Crippen LogP) is 3.07. The summed E-state index contributed by atoms with van der Waals surface area (Å²) in [6, 6.07) is 9.28. The number of pyridine rings is 1. The second-order valence-electron chi connectivity index (χ2n) is 6.26. The molecule has 1 fully saturated rings. The summed E-state index contributed by atoms with van der Waals surface area (Å²) in [7, 11) is 0. The van der Waals surface area contributed by atoms with Gasteiger partial charge in [-0.25, -0.2) is 14.2 Å². The molecule has 1 saturated heterocycles. The Morgan fingerprint density at radius 2 is 2.12 bits per heavy atom. The molecule has 0 bridgehead atoms. The largest absolute Gasteiger partial charge is 0.478 e. The van der Waals surface area contributed by atoms with E-state index in [0.717, 1.165) is 18.4 Å². The molecule has 0 radical (unpaired) electrons. The molecule has 1 N–H and O–H groups in total. The summed E-state index contributed by atoms with van der Waals surface area (Å²) in [5, 5.41) is 9.07. The van der Waals surface area contributed by atoms with E-state index in [9.17, 15) is 14.0 Å². The van der Waals surface area contributed by atoms with E-state index in [1.807, 2.05) is 6.07 Å². The number of hydrogen-bond acceptors (Lipinski definition) is 3. The number of benzene rings is 1. The molecule has 1 aliphatic rings. The van der Waals surface area contributed by atoms with Crippen molar-refractivity contribution in [3.63, 3.8) is 0 Å². The van der Waals surface area contributed by atoms with E-state index < -0.39 is 5.97 Å². The normalized spacial score (nSPS) is 16.9. The van der Waals surface area contributed by atoms with Crippen LogP contribution < -0.4 is 0 Å². The van der Waals surface area contributed by atoms with Crippen LogP contribution >= 0.6 is 0 Å². The number of carboxylic acid groups (broad SMARTS) is 1. The van der Waals surface area contributed by atoms with Crippen molar-refractivity contribution in [2.45, 2.75) is 32.2 Å². The highest BCUT2D eigenvalue weighted by Gasteiger charge is 2.30. The van der Waals surface area contributed by atoms with Gasteiger partial charge in [-0.1, -0.05) is 12.1 Å². The van der Waals surface area contributed by atoms with Crippen LogP contribution in [-0.4, -0.2) is 39.5 Å². The van der Waals surface area contributed by atoms with Crippen molar-refractivity contribution in [1.29, 1.82) is 0 Å². The second-order valence-corrected chi connectivity index (χ2v) is 6.26. The van der Waals surface area contributed by atoms with Crippen LogP contribution in [0.4, 0.5) is 4.39 Å². The Hall–Kier alpha value is -2.76. The van der Waals surface area contributed by atoms with Crippen molar-refractivity contribution >= 4 is 11.9 Å². The molecule has 1 aromatic heterocycles. The molecule has 130 valence electrons. The average Bonchev–Trinajstić information content (AvgIpc) is 3.01. The quantitative estimate of drug-likeness (QED) is 0.927. The maximum Gasteiger partial charge on any atom is 0.337 e. The van der Waals surface area contributed by atoms with Crippen molar-refractivity contribution in [1.82, 2.24) is 9.88 Å². The van der Waals surface area contributed by atoms with Gasteiger partial charge in [-0.3, -0.25) is 4.79 Å². The monoisotopic (exact) mass is 342 g/mol. The molecular weight excluding hydrogens is 323 g/mol. The lowest BCUT2D eigenvalue weighted by molar-refractivity contribution is 0.0689. The summed E-state index contributed by atoms with van der Waals surface area (Å²) >= 11 is 0. The van der Waals surface area contributed by atoms with Crippen LogP contribution in [0.15, 0.2) is 36.4 Å². The fourth-order valence-electron chi connectivity index (χ4n) is 3.30. The third-order valence-corrected chi connectivity index (χ3v) is 4.53. The molecule has 1 amide bonds. The van der Waals surface area contributed by atoms with Gasteiger partial charge < -0.3 is 10.0 Å². The van der Waals surface area contributed by atoms with Gasteiger partial charge in [0.1, 0.15) is 11.5 Å². The van der Waals surface area contributed by atoms with Crippen LogP contribution in [0, 0.1) is 12.7 Å². The Bertz CT molecular complexity index is 822. The Morgan fingerprint density at radius 1 is 1.32 bits per heavy atom. The van der Waals surface area contributed by atoms with Crippen LogP contribution in [0.25, 0.3) is 0 Å². The number of aryl methyl sites for hydroxylation is 1. The highest BCUT2D eigenvalue weighted by molar-refractivity contribution is 5.94. The number of hydrogen-bond donors (Lipinski definition) is 1. The molecule has 6 heteroatoms. The zero-order valence-corrected chi connectivity index (χ0v) is 13.9. The van der Waals surface area contributed by atoms with Crippen LogP contribution in [-0.2, 0) is 6.42 Å². The predicted molar refractivity (Wildman–Crippen MR) is 90.1 cm³/mol. The van der Waals surface area contributed by atoms with Gasteiger partial charge in [0.05, 0.1) is 11.3 Å². The third kappa shape index (κ3) is 3.68. The fourth-order valence-corrected chi connectivity index (χ4v) is 3.30. The maximum atomic E-state index is 13.4. The molecule has 0 saturated carbocycles. The van der Waals surface area contributed by atoms with E-state index in [1.165, 1.54) is 24.3 Å². The van der Waals surface area contributed by atoms with Gasteiger partial charge in [-0.05, 0) is 56.0 Å². The SMILES string of the molecule is Cc1nc(C(=O)N2CCCC2Cc2cccc(F)c2)ccc1C(=O)O. The smallest absolute Gasteiger partial charge is 0.337 e. The van der Waals surface area contributed by atoms with Gasteiger partial charge in [0.2, 0.25) is 0 Å². The summed E-state index contributed by atoms with van der Waals surface area (Å²) in [6.07, 6.45) is 2.34. The van der Waals surface area contributed by atoms with Gasteiger partial charge in [-0.15, -0.1) is 0 Å². The minimum absolute atomic E-state index is 0.00411. The molecule has 1 unspecified atom stereocenters. The van der Waals surface area contributed by atoms with E-state index in [1.54, 1.807) is 17.9 Å². The average molecular weight is 342 g/mol. The van der Waals surface area contributed by atoms with Crippen molar-refractivity contribution in [2.24, 2.45) is 0 Å². The number of likely N-dealkylation sites (tertiary alicyclic amines) is 1. The lowest BCUT2D eigenvalue weighted by Crippen LogP contribution is -2.37. The number of nitrogens with zero attached hydrogens (tertiary/aromatic N) is 2. The van der Waals surface area contributed by atoms with Gasteiger partial charge in [0, 0.05) is 12.6 Å². The molecule has 0 aliphatic carbocycles. The minimum Gasteiger partial charge on any atom is -0.478 e. The first kappa shape index (κ1) is 17.1. The number of aromatic nitrogens is 1. The zero-order chi connectivity index (χ0) is 18.0. The summed E-state index contributed by atoms with van der Waals surface area (Å²) < 4.78 is 13.4. The number of carbonyl (C=O) groups excluding carboxylic acids is 1. The van der Waals surface area contributed by atoms with Crippen molar-refractivity contribution in [3.8, 4) is 0 Å². The lowest BCUT2D eigenvalue weighted by atomic mass is 10.0. The zero-order valence-electron chi connectivity index (χ0n) is 13.9. The summed E-state index contributed by atoms with van der Waals surface area (Å²) in [5.41, 5.74) is 1.51. The van der Waals surface area contributed by atoms with Crippen molar-refractivity contribution in [3.05, 3.63) is 64.7 Å². The van der Waals surface area contributed by atoms with Gasteiger partial charge >= 0.3 is 5.97 Å². The van der Waals surface area contributed by atoms with Crippen LogP contribution in [0.3, 0.4) is 0 Å². The number of aromatic carboxylic acids is 1. The molecular formula is C19H19FN2O3. The molecule has 1 atom stereocenters. The number of halogens is 1. The molecule has 2 aromatic rings. The van der Waals surface area contributed by atoms with E-state index in [0.29, 0.717) is 18.7 Å². The molecule has 2 heterocycles. The fraction of sp³-hybridized carbons (Fsp3) is 0.316. The van der Waals surface area contributed by atoms with Crippen molar-refractivity contribution < 1.29 is 19.1 Å². The highest BCUT2D eigenvalue weighted by Crippen LogP contribution is 2.23. The Balaban J connectivity index is 1.79. The Kier molecular flexibility index (Phi) is 4.79. The first-order valence-corrected chi connectivity index (χ1v) is 8.22. The number of carbonyl (C=O) groups is 2. The topological polar surface area (TPSA) is 70.5 Å². The molecule has 0 spiro atoms. The number of carboxylic acids is 1.